The maximum Gasteiger partial charge on any atom is 0.287 e. The number of halogens is 1. The first-order valence-electron chi connectivity index (χ1n) is 8.58. The Balaban J connectivity index is 1.63. The number of methoxy groups -OCH3 is 1. The number of H-pyrrole nitrogens is 1. The molecule has 0 amide bonds. The fourth-order valence-electron chi connectivity index (χ4n) is 3.39. The van der Waals surface area contributed by atoms with Crippen molar-refractivity contribution in [2.45, 2.75) is 25.7 Å². The molecular formula is C19H25FN2O2S. The lowest BCUT2D eigenvalue weighted by Gasteiger charge is -2.35. The van der Waals surface area contributed by atoms with Crippen LogP contribution in [0, 0.1) is 11.7 Å². The minimum Gasteiger partial charge on any atom is -0.384 e. The molecule has 2 atom stereocenters. The van der Waals surface area contributed by atoms with Crippen molar-refractivity contribution in [1.82, 2.24) is 9.97 Å². The summed E-state index contributed by atoms with van der Waals surface area (Å²) in [4.78, 5) is 19.5. The maximum atomic E-state index is 13.1. The Morgan fingerprint density at radius 3 is 3.00 bits per heavy atom. The van der Waals surface area contributed by atoms with Gasteiger partial charge in [0.15, 0.2) is 0 Å². The Morgan fingerprint density at radius 2 is 2.32 bits per heavy atom. The van der Waals surface area contributed by atoms with Gasteiger partial charge in [-0.05, 0) is 53.7 Å². The van der Waals surface area contributed by atoms with Gasteiger partial charge in [0.25, 0.3) is 5.56 Å². The van der Waals surface area contributed by atoms with Gasteiger partial charge in [0.2, 0.25) is 5.82 Å². The van der Waals surface area contributed by atoms with Crippen molar-refractivity contribution in [3.63, 3.8) is 0 Å². The molecular weight excluding hydrogens is 339 g/mol. The van der Waals surface area contributed by atoms with E-state index in [1.165, 1.54) is 0 Å². The Kier molecular flexibility index (Phi) is 5.59. The van der Waals surface area contributed by atoms with Crippen molar-refractivity contribution in [3.05, 3.63) is 56.7 Å². The molecule has 0 radical (unpaired) electrons. The van der Waals surface area contributed by atoms with Crippen LogP contribution in [0.25, 0.3) is 5.57 Å². The minimum atomic E-state index is -0.849. The summed E-state index contributed by atoms with van der Waals surface area (Å²) in [6.07, 6.45) is 14.0. The topological polar surface area (TPSA) is 55.0 Å². The molecule has 136 valence electrons. The molecule has 0 saturated heterocycles. The zero-order chi connectivity index (χ0) is 17.9. The molecule has 2 aliphatic rings. The molecule has 0 bridgehead atoms. The van der Waals surface area contributed by atoms with Gasteiger partial charge < -0.3 is 9.72 Å². The molecule has 2 heterocycles. The van der Waals surface area contributed by atoms with E-state index in [0.29, 0.717) is 11.7 Å². The summed E-state index contributed by atoms with van der Waals surface area (Å²) in [5, 5.41) is 2.36. The molecule has 1 aliphatic heterocycles. The minimum absolute atomic E-state index is 0.502. The number of hydrogen-bond donors (Lipinski definition) is 1. The van der Waals surface area contributed by atoms with Gasteiger partial charge in [-0.3, -0.25) is 4.79 Å². The molecule has 2 unspecified atom stereocenters. The third kappa shape index (κ3) is 4.12. The number of nitrogens with one attached hydrogen (secondary N) is 1. The van der Waals surface area contributed by atoms with Crippen molar-refractivity contribution in [2.24, 2.45) is 5.92 Å². The predicted octanol–water partition coefficient (Wildman–Crippen LogP) is 3.97. The summed E-state index contributed by atoms with van der Waals surface area (Å²) in [7, 11) is 0.907. The summed E-state index contributed by atoms with van der Waals surface area (Å²) < 4.78 is 18.3. The van der Waals surface area contributed by atoms with Crippen molar-refractivity contribution in [3.8, 4) is 0 Å². The normalized spacial score (nSPS) is 28.4. The van der Waals surface area contributed by atoms with Gasteiger partial charge in [-0.15, -0.1) is 0 Å². The fourth-order valence-corrected chi connectivity index (χ4v) is 5.91. The number of aromatic nitrogens is 2. The summed E-state index contributed by atoms with van der Waals surface area (Å²) in [5.74, 6) is 1.36. The highest BCUT2D eigenvalue weighted by Crippen LogP contribution is 2.59. The van der Waals surface area contributed by atoms with Gasteiger partial charge in [0, 0.05) is 12.9 Å². The van der Waals surface area contributed by atoms with Gasteiger partial charge in [0.1, 0.15) is 5.82 Å². The maximum absolute atomic E-state index is 13.1. The second-order valence-corrected chi connectivity index (χ2v) is 10.3. The van der Waals surface area contributed by atoms with Gasteiger partial charge in [-0.2, -0.15) is 14.4 Å². The van der Waals surface area contributed by atoms with Crippen molar-refractivity contribution >= 4 is 15.6 Å². The lowest BCUT2D eigenvalue weighted by molar-refractivity contribution is 0.218. The van der Waals surface area contributed by atoms with Crippen molar-refractivity contribution in [2.75, 3.05) is 25.7 Å². The van der Waals surface area contributed by atoms with Gasteiger partial charge in [-0.1, -0.05) is 18.2 Å². The molecule has 1 aliphatic carbocycles. The van der Waals surface area contributed by atoms with E-state index in [2.05, 4.69) is 39.9 Å². The van der Waals surface area contributed by atoms with E-state index < -0.39 is 21.4 Å². The molecule has 6 heteroatoms. The second-order valence-electron chi connectivity index (χ2n) is 6.80. The van der Waals surface area contributed by atoms with Crippen LogP contribution >= 0.6 is 10.0 Å². The van der Waals surface area contributed by atoms with Gasteiger partial charge >= 0.3 is 0 Å². The number of aromatic amines is 1. The first-order valence-corrected chi connectivity index (χ1v) is 10.9. The average molecular weight is 364 g/mol. The molecule has 0 saturated carbocycles. The Labute approximate surface area is 149 Å². The molecule has 1 aromatic heterocycles. The lowest BCUT2D eigenvalue weighted by atomic mass is 9.87. The van der Waals surface area contributed by atoms with E-state index in [1.807, 2.05) is 0 Å². The van der Waals surface area contributed by atoms with E-state index >= 15 is 0 Å². The second kappa shape index (κ2) is 7.70. The van der Waals surface area contributed by atoms with Crippen LogP contribution in [0.2, 0.25) is 0 Å². The predicted molar refractivity (Wildman–Crippen MR) is 102 cm³/mol. The third-order valence-corrected chi connectivity index (χ3v) is 8.31. The number of hydrogen-bond acceptors (Lipinski definition) is 3. The zero-order valence-corrected chi connectivity index (χ0v) is 15.6. The quantitative estimate of drug-likeness (QED) is 0.831. The van der Waals surface area contributed by atoms with Crippen LogP contribution < -0.4 is 5.56 Å². The number of rotatable bonds is 6. The van der Waals surface area contributed by atoms with Crippen LogP contribution in [-0.2, 0) is 4.74 Å². The summed E-state index contributed by atoms with van der Waals surface area (Å²) >= 11 is 0. The monoisotopic (exact) mass is 364 g/mol. The standard InChI is InChI=1S/C19H25FN2O2S/c1-24-9-11-25(2)10-3-4-16(25)12-14-5-7-15(8-6-14)18-21-13-17(20)19(23)22-18/h3-4,7,10,13-14H,5-6,8-9,11-12H2,1-2H3,(H,21,22,23). The zero-order valence-electron chi connectivity index (χ0n) is 14.8. The first kappa shape index (κ1) is 18.1. The van der Waals surface area contributed by atoms with Crippen molar-refractivity contribution in [1.29, 1.82) is 0 Å². The molecule has 1 aromatic rings. The largest absolute Gasteiger partial charge is 0.384 e. The molecule has 0 spiro atoms. The van der Waals surface area contributed by atoms with E-state index in [0.717, 1.165) is 49.8 Å². The Bertz CT molecular complexity index is 784. The highest BCUT2D eigenvalue weighted by atomic mass is 32.3. The highest BCUT2D eigenvalue weighted by molar-refractivity contribution is 8.38. The summed E-state index contributed by atoms with van der Waals surface area (Å²) in [5.41, 5.74) is 0.314. The first-order chi connectivity index (χ1) is 12.0. The molecule has 3 rings (SSSR count). The Hall–Kier alpha value is -1.66. The molecule has 25 heavy (non-hydrogen) atoms. The average Bonchev–Trinajstić information content (AvgIpc) is 2.97. The van der Waals surface area contributed by atoms with E-state index in [4.69, 9.17) is 4.74 Å². The number of allylic oxidation sites excluding steroid dienone is 5. The van der Waals surface area contributed by atoms with Crippen LogP contribution in [-0.4, -0.2) is 35.7 Å². The smallest absolute Gasteiger partial charge is 0.287 e. The molecule has 0 aromatic carbocycles. The van der Waals surface area contributed by atoms with Crippen LogP contribution in [0.1, 0.15) is 31.5 Å². The SMILES string of the molecule is COCCS1(C)C=CC=C1CC1CC=C(c2ncc(F)c(=O)[nH]2)CC1. The van der Waals surface area contributed by atoms with E-state index in [1.54, 1.807) is 12.0 Å². The van der Waals surface area contributed by atoms with Crippen LogP contribution in [0.5, 0.6) is 0 Å². The van der Waals surface area contributed by atoms with Crippen LogP contribution in [0.4, 0.5) is 4.39 Å². The highest BCUT2D eigenvalue weighted by Gasteiger charge is 2.26. The Morgan fingerprint density at radius 1 is 1.48 bits per heavy atom. The van der Waals surface area contributed by atoms with E-state index in [9.17, 15) is 9.18 Å². The van der Waals surface area contributed by atoms with Gasteiger partial charge in [-0.25, -0.2) is 4.98 Å². The summed E-state index contributed by atoms with van der Waals surface area (Å²) in [6.45, 7) is 0.797. The van der Waals surface area contributed by atoms with Crippen LogP contribution in [0.15, 0.2) is 39.5 Å². The third-order valence-electron chi connectivity index (χ3n) is 5.04. The molecule has 4 nitrogen and oxygen atoms in total. The number of ether oxygens (including phenoxy) is 1. The van der Waals surface area contributed by atoms with Gasteiger partial charge in [0.05, 0.1) is 12.8 Å². The van der Waals surface area contributed by atoms with Crippen LogP contribution in [0.3, 0.4) is 0 Å². The molecule has 0 fully saturated rings. The molecule has 1 N–H and O–H groups in total. The lowest BCUT2D eigenvalue weighted by Crippen LogP contribution is -2.16. The summed E-state index contributed by atoms with van der Waals surface area (Å²) in [6, 6.07) is 0. The van der Waals surface area contributed by atoms with E-state index in [-0.39, 0.29) is 0 Å². The number of nitrogens with zero attached hydrogens (tertiary/aromatic N) is 1. The van der Waals surface area contributed by atoms with Crippen molar-refractivity contribution < 1.29 is 9.13 Å². The fraction of sp³-hybridized carbons (Fsp3) is 0.474.